The Morgan fingerprint density at radius 1 is 1.40 bits per heavy atom. The molecule has 2 atom stereocenters. The Labute approximate surface area is 119 Å². The van der Waals surface area contributed by atoms with Crippen LogP contribution in [0.15, 0.2) is 36.4 Å². The van der Waals surface area contributed by atoms with Crippen LogP contribution in [0.4, 0.5) is 0 Å². The van der Waals surface area contributed by atoms with Crippen LogP contribution in [0.2, 0.25) is 0 Å². The van der Waals surface area contributed by atoms with E-state index in [-0.39, 0.29) is 18.1 Å². The Morgan fingerprint density at radius 3 is 2.70 bits per heavy atom. The van der Waals surface area contributed by atoms with Crippen LogP contribution < -0.4 is 0 Å². The van der Waals surface area contributed by atoms with Crippen molar-refractivity contribution in [2.45, 2.75) is 26.2 Å². The summed E-state index contributed by atoms with van der Waals surface area (Å²) >= 11 is 0. The van der Waals surface area contributed by atoms with Crippen LogP contribution >= 0.6 is 7.60 Å². The summed E-state index contributed by atoms with van der Waals surface area (Å²) < 4.78 is 17.0. The van der Waals surface area contributed by atoms with E-state index in [4.69, 9.17) is 4.52 Å². The largest absolute Gasteiger partial charge is 0.399 e. The lowest BCUT2D eigenvalue weighted by Crippen LogP contribution is -2.11. The van der Waals surface area contributed by atoms with Crippen LogP contribution in [-0.4, -0.2) is 17.0 Å². The smallest absolute Gasteiger partial charge is 0.319 e. The monoisotopic (exact) mass is 294 g/mol. The van der Waals surface area contributed by atoms with Crippen molar-refractivity contribution in [1.29, 1.82) is 0 Å². The van der Waals surface area contributed by atoms with Crippen molar-refractivity contribution in [3.05, 3.63) is 47.5 Å². The molecule has 1 aliphatic rings. The molecule has 20 heavy (non-hydrogen) atoms. The molecule has 0 spiro atoms. The lowest BCUT2D eigenvalue weighted by atomic mass is 9.97. The molecule has 5 heteroatoms. The highest BCUT2D eigenvalue weighted by atomic mass is 31.2. The highest BCUT2D eigenvalue weighted by Crippen LogP contribution is 2.46. The molecule has 0 fully saturated rings. The number of allylic oxidation sites excluding steroid dienone is 1. The van der Waals surface area contributed by atoms with Crippen molar-refractivity contribution >= 4 is 13.1 Å². The van der Waals surface area contributed by atoms with Gasteiger partial charge in [-0.2, -0.15) is 0 Å². The highest BCUT2D eigenvalue weighted by Gasteiger charge is 2.32. The fourth-order valence-electron chi connectivity index (χ4n) is 2.14. The minimum absolute atomic E-state index is 0.113. The van der Waals surface area contributed by atoms with Gasteiger partial charge in [-0.15, -0.1) is 0 Å². The zero-order valence-corrected chi connectivity index (χ0v) is 12.4. The van der Waals surface area contributed by atoms with E-state index in [9.17, 15) is 14.3 Å². The second kappa shape index (κ2) is 6.49. The molecule has 1 N–H and O–H groups in total. The van der Waals surface area contributed by atoms with Gasteiger partial charge in [-0.1, -0.05) is 42.0 Å². The maximum Gasteiger partial charge on any atom is 0.399 e. The summed E-state index contributed by atoms with van der Waals surface area (Å²) in [5.74, 6) is 0.120. The Morgan fingerprint density at radius 2 is 2.10 bits per heavy atom. The molecule has 108 valence electrons. The van der Waals surface area contributed by atoms with Crippen molar-refractivity contribution in [3.8, 4) is 0 Å². The summed E-state index contributed by atoms with van der Waals surface area (Å²) in [6.45, 7) is 2.00. The maximum atomic E-state index is 12.0. The zero-order chi connectivity index (χ0) is 14.6. The number of carbonyl (C=O) groups is 1. The molecule has 2 rings (SSSR count). The van der Waals surface area contributed by atoms with Gasteiger partial charge in [0.15, 0.2) is 0 Å². The van der Waals surface area contributed by atoms with E-state index < -0.39 is 13.1 Å². The molecule has 4 nitrogen and oxygen atoms in total. The van der Waals surface area contributed by atoms with Crippen LogP contribution in [0.25, 0.3) is 0 Å². The lowest BCUT2D eigenvalue weighted by molar-refractivity contribution is 0.101. The van der Waals surface area contributed by atoms with Crippen molar-refractivity contribution in [2.75, 3.05) is 6.61 Å². The number of hydrogen-bond acceptors (Lipinski definition) is 3. The fraction of sp³-hybridized carbons (Fsp3) is 0.400. The maximum absolute atomic E-state index is 12.0. The van der Waals surface area contributed by atoms with Gasteiger partial charge in [0.25, 0.3) is 5.52 Å². The fourth-order valence-corrected chi connectivity index (χ4v) is 3.12. The third-order valence-corrected chi connectivity index (χ3v) is 4.64. The quantitative estimate of drug-likeness (QED) is 0.664. The molecule has 0 radical (unpaired) electrons. The first-order valence-corrected chi connectivity index (χ1v) is 8.32. The van der Waals surface area contributed by atoms with Gasteiger partial charge < -0.3 is 9.42 Å². The van der Waals surface area contributed by atoms with Gasteiger partial charge in [0.1, 0.15) is 0 Å². The van der Waals surface area contributed by atoms with Gasteiger partial charge in [0.05, 0.1) is 6.61 Å². The predicted octanol–water partition coefficient (Wildman–Crippen LogP) is 3.69. The molecule has 1 aromatic rings. The first-order chi connectivity index (χ1) is 9.49. The van der Waals surface area contributed by atoms with Crippen LogP contribution in [-0.2, 0) is 9.09 Å². The first kappa shape index (κ1) is 15.2. The highest BCUT2D eigenvalue weighted by molar-refractivity contribution is 7.71. The molecule has 1 aliphatic carbocycles. The molecule has 2 unspecified atom stereocenters. The van der Waals surface area contributed by atoms with E-state index in [1.54, 1.807) is 24.3 Å². The average Bonchev–Trinajstić information content (AvgIpc) is 2.46. The van der Waals surface area contributed by atoms with Crippen LogP contribution in [0.5, 0.6) is 0 Å². The Balaban J connectivity index is 2.00. The van der Waals surface area contributed by atoms with Crippen molar-refractivity contribution in [1.82, 2.24) is 0 Å². The van der Waals surface area contributed by atoms with Gasteiger partial charge in [0.2, 0.25) is 0 Å². The predicted molar refractivity (Wildman–Crippen MR) is 77.8 cm³/mol. The van der Waals surface area contributed by atoms with Crippen molar-refractivity contribution in [2.24, 2.45) is 5.92 Å². The average molecular weight is 294 g/mol. The molecular weight excluding hydrogens is 275 g/mol. The van der Waals surface area contributed by atoms with E-state index in [0.29, 0.717) is 0 Å². The minimum Gasteiger partial charge on any atom is -0.319 e. The number of carbonyl (C=O) groups excluding carboxylic acids is 1. The summed E-state index contributed by atoms with van der Waals surface area (Å²) in [6, 6.07) is 6.56. The van der Waals surface area contributed by atoms with E-state index in [0.717, 1.165) is 24.8 Å². The summed E-state index contributed by atoms with van der Waals surface area (Å²) in [4.78, 5) is 21.8. The second-order valence-corrected chi connectivity index (χ2v) is 6.81. The Hall–Kier alpha value is -1.22. The normalized spacial score (nSPS) is 21.4. The topological polar surface area (TPSA) is 63.6 Å². The van der Waals surface area contributed by atoms with E-state index in [1.807, 2.05) is 19.1 Å². The number of hydrogen-bond donors (Lipinski definition) is 1. The minimum atomic E-state index is -4.26. The van der Waals surface area contributed by atoms with Crippen LogP contribution in [0.1, 0.15) is 35.2 Å². The van der Waals surface area contributed by atoms with Gasteiger partial charge in [-0.05, 0) is 26.2 Å². The summed E-state index contributed by atoms with van der Waals surface area (Å²) in [6.07, 6.45) is 7.04. The van der Waals surface area contributed by atoms with E-state index >= 15 is 0 Å². The Kier molecular flexibility index (Phi) is 4.92. The molecular formula is C15H19O4P. The third kappa shape index (κ3) is 3.89. The molecule has 1 aromatic carbocycles. The van der Waals surface area contributed by atoms with Crippen molar-refractivity contribution in [3.63, 3.8) is 0 Å². The molecule has 0 aromatic heterocycles. The first-order valence-electron chi connectivity index (χ1n) is 6.74. The van der Waals surface area contributed by atoms with Crippen LogP contribution in [0, 0.1) is 12.8 Å². The summed E-state index contributed by atoms with van der Waals surface area (Å²) in [5.41, 5.74) is 0.362. The second-order valence-electron chi connectivity index (χ2n) is 5.11. The molecule has 0 heterocycles. The Bertz CT molecular complexity index is 547. The van der Waals surface area contributed by atoms with Crippen molar-refractivity contribution < 1.29 is 18.8 Å². The number of rotatable bonds is 5. The SMILES string of the molecule is Cc1ccc(C(=O)P(=O)(O)OCC2C=CCCC2)cc1. The molecule has 0 amide bonds. The van der Waals surface area contributed by atoms with Gasteiger partial charge >= 0.3 is 7.60 Å². The van der Waals surface area contributed by atoms with Crippen LogP contribution in [0.3, 0.4) is 0 Å². The van der Waals surface area contributed by atoms with E-state index in [2.05, 4.69) is 0 Å². The standard InChI is InChI=1S/C15H19O4P/c1-12-7-9-14(10-8-12)15(16)20(17,18)19-11-13-5-3-2-4-6-13/h3,5,7-10,13H,2,4,6,11H2,1H3,(H,17,18). The molecule has 0 saturated carbocycles. The molecule has 0 saturated heterocycles. The zero-order valence-electron chi connectivity index (χ0n) is 11.5. The third-order valence-electron chi connectivity index (χ3n) is 3.37. The summed E-state index contributed by atoms with van der Waals surface area (Å²) in [5, 5.41) is 0. The molecule has 0 aliphatic heterocycles. The summed E-state index contributed by atoms with van der Waals surface area (Å²) in [7, 11) is -4.26. The van der Waals surface area contributed by atoms with Gasteiger partial charge in [-0.3, -0.25) is 9.36 Å². The lowest BCUT2D eigenvalue weighted by Gasteiger charge is -2.18. The molecule has 0 bridgehead atoms. The van der Waals surface area contributed by atoms with Gasteiger partial charge in [-0.25, -0.2) is 0 Å². The van der Waals surface area contributed by atoms with Gasteiger partial charge in [0, 0.05) is 11.5 Å². The van der Waals surface area contributed by atoms with E-state index in [1.165, 1.54) is 0 Å². The number of benzene rings is 1. The number of aryl methyl sites for hydroxylation is 1.